The summed E-state index contributed by atoms with van der Waals surface area (Å²) in [5.41, 5.74) is -0.517. The lowest BCUT2D eigenvalue weighted by molar-refractivity contribution is -0.183. The lowest BCUT2D eigenvalue weighted by atomic mass is 9.57. The first-order valence-electron chi connectivity index (χ1n) is 12.3. The standard InChI is InChI=1S/C25H42O6/c1-6-25(4,5)24(29)31-20-11-15(3)23(28)19-9-7-14(2)18(22(19)20)10-8-17-12-16(26)13-21(27)30-17/h14-20,22-23,26,28H,6-13H2,1-5H3/t14-,15-,16+,17+,18-,19+,20-,22?,23+/m0/s1. The molecule has 3 rings (SSSR count). The lowest BCUT2D eigenvalue weighted by Crippen LogP contribution is -2.54. The van der Waals surface area contributed by atoms with Gasteiger partial charge in [-0.05, 0) is 69.6 Å². The van der Waals surface area contributed by atoms with Crippen LogP contribution in [0.25, 0.3) is 0 Å². The molecular formula is C25H42O6. The van der Waals surface area contributed by atoms with Crippen LogP contribution in [-0.2, 0) is 19.1 Å². The molecule has 3 fully saturated rings. The molecule has 6 heteroatoms. The van der Waals surface area contributed by atoms with E-state index in [9.17, 15) is 19.8 Å². The Bertz CT molecular complexity index is 646. The van der Waals surface area contributed by atoms with Gasteiger partial charge in [0.2, 0.25) is 0 Å². The molecule has 0 bridgehead atoms. The van der Waals surface area contributed by atoms with Crippen LogP contribution in [0.4, 0.5) is 0 Å². The molecule has 9 atom stereocenters. The first-order chi connectivity index (χ1) is 14.5. The second kappa shape index (κ2) is 9.78. The fourth-order valence-corrected chi connectivity index (χ4v) is 6.05. The first kappa shape index (κ1) is 24.5. The van der Waals surface area contributed by atoms with Crippen LogP contribution in [0.5, 0.6) is 0 Å². The largest absolute Gasteiger partial charge is 0.462 e. The van der Waals surface area contributed by atoms with Gasteiger partial charge in [0.05, 0.1) is 24.0 Å². The van der Waals surface area contributed by atoms with Crippen LogP contribution in [0, 0.1) is 35.0 Å². The third-order valence-corrected chi connectivity index (χ3v) is 8.48. The van der Waals surface area contributed by atoms with Gasteiger partial charge >= 0.3 is 11.9 Å². The Morgan fingerprint density at radius 1 is 1.13 bits per heavy atom. The third kappa shape index (κ3) is 5.44. The van der Waals surface area contributed by atoms with Crippen LogP contribution in [0.15, 0.2) is 0 Å². The highest BCUT2D eigenvalue weighted by Crippen LogP contribution is 2.51. The molecule has 1 saturated heterocycles. The zero-order chi connectivity index (χ0) is 22.9. The zero-order valence-corrected chi connectivity index (χ0v) is 19.9. The van der Waals surface area contributed by atoms with Crippen LogP contribution in [0.2, 0.25) is 0 Å². The number of carbonyl (C=O) groups is 2. The SMILES string of the molecule is CCC(C)(C)C(=O)O[C@H]1C[C@H](C)[C@@H](O)[C@@H]2CC[C@H](C)[C@H](CC[C@@H]3C[C@@H](O)CC(=O)O3)C12. The Hall–Kier alpha value is -1.14. The molecule has 3 aliphatic rings. The number of hydrogen-bond donors (Lipinski definition) is 2. The Kier molecular flexibility index (Phi) is 7.73. The highest BCUT2D eigenvalue weighted by molar-refractivity contribution is 5.76. The molecular weight excluding hydrogens is 396 g/mol. The molecule has 31 heavy (non-hydrogen) atoms. The van der Waals surface area contributed by atoms with E-state index in [0.717, 1.165) is 25.7 Å². The summed E-state index contributed by atoms with van der Waals surface area (Å²) in [6.45, 7) is 10.2. The van der Waals surface area contributed by atoms with Crippen LogP contribution in [0.3, 0.4) is 0 Å². The molecule has 0 aromatic heterocycles. The first-order valence-corrected chi connectivity index (χ1v) is 12.3. The van der Waals surface area contributed by atoms with Crippen LogP contribution >= 0.6 is 0 Å². The van der Waals surface area contributed by atoms with Gasteiger partial charge in [-0.2, -0.15) is 0 Å². The molecule has 2 aliphatic carbocycles. The van der Waals surface area contributed by atoms with Gasteiger partial charge in [-0.15, -0.1) is 0 Å². The van der Waals surface area contributed by atoms with Crippen LogP contribution in [0.1, 0.15) is 86.0 Å². The molecule has 1 unspecified atom stereocenters. The normalized spacial score (nSPS) is 41.3. The summed E-state index contributed by atoms with van der Waals surface area (Å²) in [5, 5.41) is 20.9. The van der Waals surface area contributed by atoms with Crippen molar-refractivity contribution in [3.63, 3.8) is 0 Å². The maximum Gasteiger partial charge on any atom is 0.311 e. The summed E-state index contributed by atoms with van der Waals surface area (Å²) in [7, 11) is 0. The summed E-state index contributed by atoms with van der Waals surface area (Å²) in [6, 6.07) is 0. The van der Waals surface area contributed by atoms with Crippen molar-refractivity contribution in [3.05, 3.63) is 0 Å². The molecule has 0 aromatic rings. The van der Waals surface area contributed by atoms with Crippen LogP contribution in [-0.4, -0.2) is 46.6 Å². The summed E-state index contributed by atoms with van der Waals surface area (Å²) in [6.07, 6.45) is 4.10. The van der Waals surface area contributed by atoms with E-state index in [1.807, 2.05) is 20.8 Å². The molecule has 0 radical (unpaired) electrons. The summed E-state index contributed by atoms with van der Waals surface area (Å²) in [5.74, 6) is 0.625. The van der Waals surface area contributed by atoms with Crippen molar-refractivity contribution in [2.75, 3.05) is 0 Å². The number of cyclic esters (lactones) is 1. The minimum atomic E-state index is -0.620. The second-order valence-corrected chi connectivity index (χ2v) is 11.1. The molecule has 0 amide bonds. The predicted molar refractivity (Wildman–Crippen MR) is 117 cm³/mol. The number of fused-ring (bicyclic) bond motifs is 1. The minimum absolute atomic E-state index is 0.0797. The van der Waals surface area contributed by atoms with E-state index in [1.165, 1.54) is 0 Å². The molecule has 1 heterocycles. The quantitative estimate of drug-likeness (QED) is 0.612. The molecule has 6 nitrogen and oxygen atoms in total. The summed E-state index contributed by atoms with van der Waals surface area (Å²) < 4.78 is 11.6. The number of aliphatic hydroxyl groups excluding tert-OH is 2. The Labute approximate surface area is 187 Å². The van der Waals surface area contributed by atoms with Crippen molar-refractivity contribution in [1.29, 1.82) is 0 Å². The van der Waals surface area contributed by atoms with E-state index >= 15 is 0 Å². The molecule has 2 N–H and O–H groups in total. The molecule has 1 aliphatic heterocycles. The van der Waals surface area contributed by atoms with Crippen molar-refractivity contribution < 1.29 is 29.3 Å². The lowest BCUT2D eigenvalue weighted by Gasteiger charge is -2.52. The van der Waals surface area contributed by atoms with E-state index < -0.39 is 11.5 Å². The van der Waals surface area contributed by atoms with E-state index in [2.05, 4.69) is 13.8 Å². The summed E-state index contributed by atoms with van der Waals surface area (Å²) >= 11 is 0. The summed E-state index contributed by atoms with van der Waals surface area (Å²) in [4.78, 5) is 24.7. The maximum absolute atomic E-state index is 12.9. The van der Waals surface area contributed by atoms with Crippen molar-refractivity contribution in [1.82, 2.24) is 0 Å². The topological polar surface area (TPSA) is 93.1 Å². The number of hydrogen-bond acceptors (Lipinski definition) is 6. The number of esters is 2. The fraction of sp³-hybridized carbons (Fsp3) is 0.920. The average Bonchev–Trinajstić information content (AvgIpc) is 2.69. The number of aliphatic hydroxyl groups is 2. The maximum atomic E-state index is 12.9. The van der Waals surface area contributed by atoms with Crippen molar-refractivity contribution in [3.8, 4) is 0 Å². The fourth-order valence-electron chi connectivity index (χ4n) is 6.05. The number of ether oxygens (including phenoxy) is 2. The molecule has 2 saturated carbocycles. The highest BCUT2D eigenvalue weighted by Gasteiger charge is 2.51. The second-order valence-electron chi connectivity index (χ2n) is 11.1. The van der Waals surface area contributed by atoms with Gasteiger partial charge in [0, 0.05) is 12.3 Å². The van der Waals surface area contributed by atoms with E-state index in [4.69, 9.17) is 9.47 Å². The number of rotatable bonds is 6. The van der Waals surface area contributed by atoms with Gasteiger partial charge in [0.25, 0.3) is 0 Å². The van der Waals surface area contributed by atoms with Crippen molar-refractivity contribution in [2.24, 2.45) is 35.0 Å². The van der Waals surface area contributed by atoms with E-state index in [0.29, 0.717) is 31.1 Å². The van der Waals surface area contributed by atoms with Crippen molar-refractivity contribution in [2.45, 2.75) is 110 Å². The monoisotopic (exact) mass is 438 g/mol. The Morgan fingerprint density at radius 2 is 1.84 bits per heavy atom. The predicted octanol–water partition coefficient (Wildman–Crippen LogP) is 3.86. The minimum Gasteiger partial charge on any atom is -0.462 e. The Morgan fingerprint density at radius 3 is 2.48 bits per heavy atom. The molecule has 178 valence electrons. The van der Waals surface area contributed by atoms with Gasteiger partial charge in [-0.1, -0.05) is 27.2 Å². The average molecular weight is 439 g/mol. The zero-order valence-electron chi connectivity index (χ0n) is 19.9. The molecule has 0 spiro atoms. The highest BCUT2D eigenvalue weighted by atomic mass is 16.6. The third-order valence-electron chi connectivity index (χ3n) is 8.48. The van der Waals surface area contributed by atoms with Gasteiger partial charge in [0.1, 0.15) is 12.2 Å². The van der Waals surface area contributed by atoms with E-state index in [1.54, 1.807) is 0 Å². The van der Waals surface area contributed by atoms with Gasteiger partial charge in [0.15, 0.2) is 0 Å². The Balaban J connectivity index is 1.77. The van der Waals surface area contributed by atoms with Crippen molar-refractivity contribution >= 4 is 11.9 Å². The smallest absolute Gasteiger partial charge is 0.311 e. The van der Waals surface area contributed by atoms with Gasteiger partial charge in [-0.3, -0.25) is 9.59 Å². The van der Waals surface area contributed by atoms with Gasteiger partial charge < -0.3 is 19.7 Å². The van der Waals surface area contributed by atoms with Crippen LogP contribution < -0.4 is 0 Å². The number of carbonyl (C=O) groups excluding carboxylic acids is 2. The van der Waals surface area contributed by atoms with E-state index in [-0.39, 0.29) is 54.4 Å². The molecule has 0 aromatic carbocycles. The van der Waals surface area contributed by atoms with Gasteiger partial charge in [-0.25, -0.2) is 0 Å².